The third-order valence-electron chi connectivity index (χ3n) is 5.32. The van der Waals surface area contributed by atoms with Gasteiger partial charge in [0.1, 0.15) is 11.4 Å². The number of anilines is 1. The van der Waals surface area contributed by atoms with E-state index < -0.39 is 0 Å². The Labute approximate surface area is 175 Å². The second kappa shape index (κ2) is 8.49. The summed E-state index contributed by atoms with van der Waals surface area (Å²) in [6.45, 7) is 6.40. The van der Waals surface area contributed by atoms with Crippen molar-refractivity contribution in [3.63, 3.8) is 0 Å². The minimum absolute atomic E-state index is 0.257. The van der Waals surface area contributed by atoms with E-state index in [2.05, 4.69) is 29.2 Å². The zero-order valence-electron chi connectivity index (χ0n) is 17.5. The zero-order chi connectivity index (χ0) is 21.1. The first kappa shape index (κ1) is 19.8. The Hall–Kier alpha value is -3.48. The SMILES string of the molecule is CCCC(CC)c1cc(NC(=O)c2cnn3cccnc23)n(-c2ccc(C)cc2)n1. The van der Waals surface area contributed by atoms with Crippen LogP contribution in [0.25, 0.3) is 11.3 Å². The second-order valence-corrected chi connectivity index (χ2v) is 7.50. The predicted molar refractivity (Wildman–Crippen MR) is 117 cm³/mol. The van der Waals surface area contributed by atoms with Crippen molar-refractivity contribution in [1.29, 1.82) is 0 Å². The maximum absolute atomic E-state index is 13.1. The van der Waals surface area contributed by atoms with Crippen LogP contribution >= 0.6 is 0 Å². The minimum atomic E-state index is -0.257. The number of fused-ring (bicyclic) bond motifs is 1. The van der Waals surface area contributed by atoms with E-state index in [0.29, 0.717) is 22.9 Å². The Balaban J connectivity index is 1.72. The van der Waals surface area contributed by atoms with E-state index in [1.165, 1.54) is 11.8 Å². The molecule has 4 rings (SSSR count). The summed E-state index contributed by atoms with van der Waals surface area (Å²) in [5.74, 6) is 0.742. The number of aromatic nitrogens is 5. The molecule has 0 fully saturated rings. The number of carbonyl (C=O) groups excluding carboxylic acids is 1. The van der Waals surface area contributed by atoms with Crippen molar-refractivity contribution >= 4 is 17.4 Å². The summed E-state index contributed by atoms with van der Waals surface area (Å²) in [5, 5.41) is 12.1. The van der Waals surface area contributed by atoms with E-state index in [0.717, 1.165) is 30.6 Å². The highest BCUT2D eigenvalue weighted by molar-refractivity contribution is 6.07. The maximum Gasteiger partial charge on any atom is 0.262 e. The molecule has 0 bridgehead atoms. The fraction of sp³-hybridized carbons (Fsp3) is 0.304. The molecule has 1 amide bonds. The molecule has 3 heterocycles. The third-order valence-corrected chi connectivity index (χ3v) is 5.32. The minimum Gasteiger partial charge on any atom is -0.306 e. The van der Waals surface area contributed by atoms with Crippen LogP contribution in [0.5, 0.6) is 0 Å². The van der Waals surface area contributed by atoms with Crippen molar-refractivity contribution < 1.29 is 4.79 Å². The standard InChI is InChI=1S/C23H26N6O/c1-4-7-17(5-2)20-14-21(29(27-20)18-10-8-16(3)9-11-18)26-23(30)19-15-25-28-13-6-12-24-22(19)28/h6,8-15,17H,4-5,7H2,1-3H3,(H,26,30). The summed E-state index contributed by atoms with van der Waals surface area (Å²) in [6, 6.07) is 11.9. The number of benzene rings is 1. The highest BCUT2D eigenvalue weighted by Crippen LogP contribution is 2.28. The molecule has 154 valence electrons. The highest BCUT2D eigenvalue weighted by Gasteiger charge is 2.20. The molecule has 7 heteroatoms. The van der Waals surface area contributed by atoms with Gasteiger partial charge in [-0.25, -0.2) is 14.2 Å². The summed E-state index contributed by atoms with van der Waals surface area (Å²) < 4.78 is 3.40. The largest absolute Gasteiger partial charge is 0.306 e. The van der Waals surface area contributed by atoms with E-state index in [9.17, 15) is 4.79 Å². The van der Waals surface area contributed by atoms with Gasteiger partial charge in [-0.05, 0) is 38.0 Å². The van der Waals surface area contributed by atoms with Crippen molar-refractivity contribution in [2.45, 2.75) is 46.0 Å². The number of carbonyl (C=O) groups is 1. The molecule has 30 heavy (non-hydrogen) atoms. The molecular formula is C23H26N6O. The Kier molecular flexibility index (Phi) is 5.61. The Morgan fingerprint density at radius 3 is 2.73 bits per heavy atom. The summed E-state index contributed by atoms with van der Waals surface area (Å²) >= 11 is 0. The molecule has 0 spiro atoms. The van der Waals surface area contributed by atoms with Crippen LogP contribution in [0.2, 0.25) is 0 Å². The first-order valence-corrected chi connectivity index (χ1v) is 10.4. The van der Waals surface area contributed by atoms with Crippen LogP contribution in [-0.4, -0.2) is 30.3 Å². The van der Waals surface area contributed by atoms with Gasteiger partial charge in [-0.15, -0.1) is 0 Å². The molecule has 1 N–H and O–H groups in total. The van der Waals surface area contributed by atoms with Crippen LogP contribution in [0.3, 0.4) is 0 Å². The van der Waals surface area contributed by atoms with Crippen molar-refractivity contribution in [2.24, 2.45) is 0 Å². The van der Waals surface area contributed by atoms with E-state index in [-0.39, 0.29) is 5.91 Å². The lowest BCUT2D eigenvalue weighted by Gasteiger charge is -2.10. The topological polar surface area (TPSA) is 77.1 Å². The molecule has 0 saturated heterocycles. The monoisotopic (exact) mass is 402 g/mol. The van der Waals surface area contributed by atoms with Gasteiger partial charge in [-0.2, -0.15) is 10.2 Å². The highest BCUT2D eigenvalue weighted by atomic mass is 16.1. The van der Waals surface area contributed by atoms with Crippen LogP contribution in [0, 0.1) is 6.92 Å². The second-order valence-electron chi connectivity index (χ2n) is 7.50. The molecule has 0 aliphatic heterocycles. The number of hydrogen-bond donors (Lipinski definition) is 1. The van der Waals surface area contributed by atoms with Gasteiger partial charge >= 0.3 is 0 Å². The fourth-order valence-electron chi connectivity index (χ4n) is 3.65. The molecule has 0 aliphatic carbocycles. The van der Waals surface area contributed by atoms with Gasteiger partial charge in [0.15, 0.2) is 5.65 Å². The lowest BCUT2D eigenvalue weighted by molar-refractivity contribution is 0.102. The Morgan fingerprint density at radius 2 is 2.00 bits per heavy atom. The van der Waals surface area contributed by atoms with Crippen molar-refractivity contribution in [2.75, 3.05) is 5.32 Å². The first-order valence-electron chi connectivity index (χ1n) is 10.4. The van der Waals surface area contributed by atoms with E-state index in [1.54, 1.807) is 23.0 Å². The average Bonchev–Trinajstić information content (AvgIpc) is 3.37. The molecule has 3 aromatic heterocycles. The van der Waals surface area contributed by atoms with Gasteiger partial charge < -0.3 is 5.32 Å². The summed E-state index contributed by atoms with van der Waals surface area (Å²) in [4.78, 5) is 17.3. The number of amides is 1. The summed E-state index contributed by atoms with van der Waals surface area (Å²) in [5.41, 5.74) is 4.02. The fourth-order valence-corrected chi connectivity index (χ4v) is 3.65. The Morgan fingerprint density at radius 1 is 1.20 bits per heavy atom. The van der Waals surface area contributed by atoms with Gasteiger partial charge in [-0.1, -0.05) is 38.0 Å². The number of nitrogens with one attached hydrogen (secondary N) is 1. The number of aryl methyl sites for hydroxylation is 1. The van der Waals surface area contributed by atoms with Crippen molar-refractivity contribution in [1.82, 2.24) is 24.4 Å². The van der Waals surface area contributed by atoms with E-state index in [4.69, 9.17) is 5.10 Å². The summed E-state index contributed by atoms with van der Waals surface area (Å²) in [7, 11) is 0. The van der Waals surface area contributed by atoms with Gasteiger partial charge in [-0.3, -0.25) is 4.79 Å². The van der Waals surface area contributed by atoms with Gasteiger partial charge in [0.2, 0.25) is 0 Å². The Bertz CT molecular complexity index is 1160. The van der Waals surface area contributed by atoms with Crippen LogP contribution in [0.15, 0.2) is 55.0 Å². The summed E-state index contributed by atoms with van der Waals surface area (Å²) in [6.07, 6.45) is 8.11. The van der Waals surface area contributed by atoms with Gasteiger partial charge in [0.05, 0.1) is 17.6 Å². The van der Waals surface area contributed by atoms with Crippen LogP contribution in [0.4, 0.5) is 5.82 Å². The average molecular weight is 403 g/mol. The number of rotatable bonds is 7. The lowest BCUT2D eigenvalue weighted by atomic mass is 9.97. The number of nitrogens with zero attached hydrogens (tertiary/aromatic N) is 5. The molecule has 1 aromatic carbocycles. The third kappa shape index (κ3) is 3.83. The molecular weight excluding hydrogens is 376 g/mol. The van der Waals surface area contributed by atoms with Crippen molar-refractivity contribution in [3.8, 4) is 5.69 Å². The zero-order valence-corrected chi connectivity index (χ0v) is 17.5. The van der Waals surface area contributed by atoms with Gasteiger partial charge in [0.25, 0.3) is 5.91 Å². The van der Waals surface area contributed by atoms with Crippen LogP contribution in [0.1, 0.15) is 60.6 Å². The molecule has 0 radical (unpaired) electrons. The normalized spacial score (nSPS) is 12.2. The van der Waals surface area contributed by atoms with E-state index >= 15 is 0 Å². The molecule has 0 saturated carbocycles. The molecule has 4 aromatic rings. The molecule has 0 aliphatic rings. The van der Waals surface area contributed by atoms with Crippen LogP contribution < -0.4 is 5.32 Å². The van der Waals surface area contributed by atoms with Crippen molar-refractivity contribution in [3.05, 3.63) is 71.8 Å². The molecule has 1 unspecified atom stereocenters. The maximum atomic E-state index is 13.1. The molecule has 1 atom stereocenters. The lowest BCUT2D eigenvalue weighted by Crippen LogP contribution is -2.15. The predicted octanol–water partition coefficient (Wildman–Crippen LogP) is 4.77. The van der Waals surface area contributed by atoms with Gasteiger partial charge in [0, 0.05) is 24.4 Å². The smallest absolute Gasteiger partial charge is 0.262 e. The van der Waals surface area contributed by atoms with E-state index in [1.807, 2.05) is 41.9 Å². The van der Waals surface area contributed by atoms with Crippen LogP contribution in [-0.2, 0) is 0 Å². The quantitative estimate of drug-likeness (QED) is 0.483. The number of hydrogen-bond acceptors (Lipinski definition) is 4. The first-order chi connectivity index (χ1) is 14.6. The molecule has 7 nitrogen and oxygen atoms in total.